The highest BCUT2D eigenvalue weighted by Gasteiger charge is 2.30. The number of hydrogen-bond acceptors (Lipinski definition) is 6. The zero-order chi connectivity index (χ0) is 20.4. The molecular weight excluding hydrogens is 368 g/mol. The lowest BCUT2D eigenvalue weighted by atomic mass is 10.0. The zero-order valence-corrected chi connectivity index (χ0v) is 17.4. The van der Waals surface area contributed by atoms with Gasteiger partial charge < -0.3 is 19.3 Å². The van der Waals surface area contributed by atoms with Gasteiger partial charge in [-0.25, -0.2) is 9.97 Å². The fraction of sp³-hybridized carbons (Fsp3) is 0.500. The van der Waals surface area contributed by atoms with Crippen LogP contribution in [0.15, 0.2) is 18.2 Å². The lowest BCUT2D eigenvalue weighted by Crippen LogP contribution is -2.39. The Labute approximate surface area is 171 Å². The summed E-state index contributed by atoms with van der Waals surface area (Å²) in [7, 11) is 3.14. The summed E-state index contributed by atoms with van der Waals surface area (Å²) >= 11 is 0. The third kappa shape index (κ3) is 3.73. The van der Waals surface area contributed by atoms with E-state index in [9.17, 15) is 4.79 Å². The van der Waals surface area contributed by atoms with Gasteiger partial charge in [-0.3, -0.25) is 4.79 Å². The van der Waals surface area contributed by atoms with Crippen molar-refractivity contribution in [3.8, 4) is 11.5 Å². The minimum Gasteiger partial charge on any atom is -0.496 e. The molecule has 0 saturated carbocycles. The molecule has 0 aliphatic carbocycles. The lowest BCUT2D eigenvalue weighted by Gasteiger charge is -2.34. The molecule has 154 valence electrons. The quantitative estimate of drug-likeness (QED) is 0.792. The van der Waals surface area contributed by atoms with Gasteiger partial charge in [-0.1, -0.05) is 6.07 Å². The number of amides is 1. The average molecular weight is 396 g/mol. The van der Waals surface area contributed by atoms with Crippen molar-refractivity contribution in [1.82, 2.24) is 14.9 Å². The lowest BCUT2D eigenvalue weighted by molar-refractivity contribution is 0.0726. The molecule has 7 nitrogen and oxygen atoms in total. The number of ether oxygens (including phenoxy) is 2. The van der Waals surface area contributed by atoms with E-state index in [4.69, 9.17) is 14.5 Å². The summed E-state index contributed by atoms with van der Waals surface area (Å²) in [4.78, 5) is 27.1. The summed E-state index contributed by atoms with van der Waals surface area (Å²) in [6.45, 7) is 5.09. The van der Waals surface area contributed by atoms with Crippen molar-refractivity contribution in [1.29, 1.82) is 0 Å². The summed E-state index contributed by atoms with van der Waals surface area (Å²) in [6, 6.07) is 5.41. The first-order valence-corrected chi connectivity index (χ1v) is 10.2. The van der Waals surface area contributed by atoms with E-state index >= 15 is 0 Å². The van der Waals surface area contributed by atoms with E-state index in [-0.39, 0.29) is 5.91 Å². The molecule has 2 aliphatic heterocycles. The molecule has 1 fully saturated rings. The van der Waals surface area contributed by atoms with Crippen LogP contribution in [0.25, 0.3) is 0 Å². The van der Waals surface area contributed by atoms with Crippen LogP contribution in [0.2, 0.25) is 0 Å². The minimum absolute atomic E-state index is 0.0879. The van der Waals surface area contributed by atoms with Gasteiger partial charge in [-0.15, -0.1) is 0 Å². The van der Waals surface area contributed by atoms with Gasteiger partial charge in [0.1, 0.15) is 28.7 Å². The van der Waals surface area contributed by atoms with Crippen molar-refractivity contribution in [3.05, 3.63) is 40.8 Å². The van der Waals surface area contributed by atoms with E-state index in [0.717, 1.165) is 42.4 Å². The Hall–Kier alpha value is -2.83. The van der Waals surface area contributed by atoms with Crippen LogP contribution in [0.1, 0.15) is 46.7 Å². The molecule has 0 radical (unpaired) electrons. The molecule has 0 unspecified atom stereocenters. The highest BCUT2D eigenvalue weighted by Crippen LogP contribution is 2.33. The van der Waals surface area contributed by atoms with Crippen LogP contribution in [-0.2, 0) is 13.0 Å². The number of piperidine rings is 1. The molecule has 4 rings (SSSR count). The molecule has 1 aromatic heterocycles. The summed E-state index contributed by atoms with van der Waals surface area (Å²) in [5.41, 5.74) is 2.61. The summed E-state index contributed by atoms with van der Waals surface area (Å²) in [5.74, 6) is 2.76. The van der Waals surface area contributed by atoms with Crippen LogP contribution >= 0.6 is 0 Å². The number of aryl methyl sites for hydroxylation is 1. The maximum atomic E-state index is 13.4. The van der Waals surface area contributed by atoms with Gasteiger partial charge in [-0.2, -0.15) is 0 Å². The molecule has 0 spiro atoms. The monoisotopic (exact) mass is 396 g/mol. The number of carbonyl (C=O) groups excluding carboxylic acids is 1. The van der Waals surface area contributed by atoms with Gasteiger partial charge in [0.2, 0.25) is 0 Å². The SMILES string of the molecule is COc1cccc(OC)c1C(=O)N1CCc2nc(C)nc(N3CCCCC3)c2C1. The summed E-state index contributed by atoms with van der Waals surface area (Å²) in [6.07, 6.45) is 4.35. The second-order valence-electron chi connectivity index (χ2n) is 7.58. The van der Waals surface area contributed by atoms with Gasteiger partial charge in [0, 0.05) is 31.6 Å². The highest BCUT2D eigenvalue weighted by molar-refractivity contribution is 6.00. The fourth-order valence-corrected chi connectivity index (χ4v) is 4.28. The van der Waals surface area contributed by atoms with Crippen molar-refractivity contribution in [3.63, 3.8) is 0 Å². The molecule has 3 heterocycles. The number of rotatable bonds is 4. The van der Waals surface area contributed by atoms with Crippen LogP contribution in [0.5, 0.6) is 11.5 Å². The van der Waals surface area contributed by atoms with Crippen LogP contribution < -0.4 is 14.4 Å². The Kier molecular flexibility index (Phi) is 5.56. The van der Waals surface area contributed by atoms with Crippen LogP contribution in [-0.4, -0.2) is 54.6 Å². The molecular formula is C22H28N4O3. The minimum atomic E-state index is -0.0879. The molecule has 7 heteroatoms. The number of carbonyl (C=O) groups is 1. The number of benzene rings is 1. The third-order valence-electron chi connectivity index (χ3n) is 5.73. The molecule has 0 N–H and O–H groups in total. The first kappa shape index (κ1) is 19.5. The molecule has 1 amide bonds. The number of fused-ring (bicyclic) bond motifs is 1. The summed E-state index contributed by atoms with van der Waals surface area (Å²) in [5, 5.41) is 0. The Bertz CT molecular complexity index is 887. The highest BCUT2D eigenvalue weighted by atomic mass is 16.5. The number of aromatic nitrogens is 2. The molecule has 0 bridgehead atoms. The molecule has 1 aromatic carbocycles. The van der Waals surface area contributed by atoms with Gasteiger partial charge in [0.25, 0.3) is 5.91 Å². The smallest absolute Gasteiger partial charge is 0.261 e. The van der Waals surface area contributed by atoms with Crippen LogP contribution in [0, 0.1) is 6.92 Å². The fourth-order valence-electron chi connectivity index (χ4n) is 4.28. The second-order valence-corrected chi connectivity index (χ2v) is 7.58. The van der Waals surface area contributed by atoms with E-state index in [1.165, 1.54) is 19.3 Å². The van der Waals surface area contributed by atoms with Gasteiger partial charge in [0.05, 0.1) is 26.5 Å². The number of methoxy groups -OCH3 is 2. The number of anilines is 1. The van der Waals surface area contributed by atoms with E-state index < -0.39 is 0 Å². The average Bonchev–Trinajstić information content (AvgIpc) is 2.77. The van der Waals surface area contributed by atoms with Crippen molar-refractivity contribution in [2.75, 3.05) is 38.8 Å². The number of nitrogens with zero attached hydrogens (tertiary/aromatic N) is 4. The van der Waals surface area contributed by atoms with Crippen LogP contribution in [0.4, 0.5) is 5.82 Å². The largest absolute Gasteiger partial charge is 0.496 e. The van der Waals surface area contributed by atoms with Gasteiger partial charge in [-0.05, 0) is 38.3 Å². The standard InChI is InChI=1S/C22H28N4O3/c1-15-23-17-10-13-26(14-16(17)21(24-15)25-11-5-4-6-12-25)22(27)20-18(28-2)8-7-9-19(20)29-3/h7-9H,4-6,10-14H2,1-3H3. The maximum Gasteiger partial charge on any atom is 0.261 e. The van der Waals surface area contributed by atoms with Gasteiger partial charge >= 0.3 is 0 Å². The Morgan fingerprint density at radius 2 is 1.69 bits per heavy atom. The summed E-state index contributed by atoms with van der Waals surface area (Å²) < 4.78 is 10.9. The van der Waals surface area contributed by atoms with E-state index in [2.05, 4.69) is 9.88 Å². The Balaban J connectivity index is 1.68. The second kappa shape index (κ2) is 8.27. The predicted molar refractivity (Wildman–Crippen MR) is 111 cm³/mol. The Morgan fingerprint density at radius 1 is 1.00 bits per heavy atom. The topological polar surface area (TPSA) is 67.8 Å². The predicted octanol–water partition coefficient (Wildman–Crippen LogP) is 2.99. The first-order chi connectivity index (χ1) is 14.1. The van der Waals surface area contributed by atoms with E-state index in [1.54, 1.807) is 26.4 Å². The van der Waals surface area contributed by atoms with E-state index in [0.29, 0.717) is 30.2 Å². The van der Waals surface area contributed by atoms with Crippen molar-refractivity contribution >= 4 is 11.7 Å². The molecule has 1 saturated heterocycles. The van der Waals surface area contributed by atoms with E-state index in [1.807, 2.05) is 17.9 Å². The normalized spacial score (nSPS) is 16.4. The molecule has 2 aliphatic rings. The van der Waals surface area contributed by atoms with Crippen LogP contribution in [0.3, 0.4) is 0 Å². The third-order valence-corrected chi connectivity index (χ3v) is 5.73. The first-order valence-electron chi connectivity index (χ1n) is 10.2. The number of hydrogen-bond donors (Lipinski definition) is 0. The maximum absolute atomic E-state index is 13.4. The van der Waals surface area contributed by atoms with Crippen molar-refractivity contribution in [2.45, 2.75) is 39.2 Å². The Morgan fingerprint density at radius 3 is 2.34 bits per heavy atom. The molecule has 0 atom stereocenters. The molecule has 2 aromatic rings. The van der Waals surface area contributed by atoms with Crippen molar-refractivity contribution < 1.29 is 14.3 Å². The van der Waals surface area contributed by atoms with Crippen molar-refractivity contribution in [2.24, 2.45) is 0 Å². The molecule has 29 heavy (non-hydrogen) atoms. The van der Waals surface area contributed by atoms with Gasteiger partial charge in [0.15, 0.2) is 0 Å². The zero-order valence-electron chi connectivity index (χ0n) is 17.4.